The molecule has 2 aromatic carbocycles. The number of hydrogen-bond acceptors (Lipinski definition) is 3. The van der Waals surface area contributed by atoms with Gasteiger partial charge in [0.15, 0.2) is 5.75 Å². The highest BCUT2D eigenvalue weighted by Gasteiger charge is 2.35. The fourth-order valence-corrected chi connectivity index (χ4v) is 5.35. The van der Waals surface area contributed by atoms with Gasteiger partial charge in [0.25, 0.3) is 6.29 Å². The Hall–Kier alpha value is -0.270. The first-order valence-electron chi connectivity index (χ1n) is 6.87. The number of oxime groups is 1. The third-order valence-corrected chi connectivity index (χ3v) is 5.78. The Balaban J connectivity index is 1.86. The van der Waals surface area contributed by atoms with E-state index in [-0.39, 0.29) is 5.92 Å². The van der Waals surface area contributed by atoms with E-state index in [0.717, 1.165) is 13.4 Å². The van der Waals surface area contributed by atoms with Crippen LogP contribution in [0.15, 0.2) is 48.9 Å². The highest BCUT2D eigenvalue weighted by Crippen LogP contribution is 2.39. The van der Waals surface area contributed by atoms with Gasteiger partial charge in [0.1, 0.15) is 5.71 Å². The molecule has 0 unspecified atom stereocenters. The summed E-state index contributed by atoms with van der Waals surface area (Å²) in [5.74, 6) is 0.488. The minimum atomic E-state index is -0.582. The van der Waals surface area contributed by atoms with E-state index in [1.165, 1.54) is 0 Å². The first kappa shape index (κ1) is 18.5. The minimum absolute atomic E-state index is 0.148. The second-order valence-corrected chi connectivity index (χ2v) is 8.59. The second-order valence-electron chi connectivity index (χ2n) is 5.15. The van der Waals surface area contributed by atoms with Crippen LogP contribution >= 0.6 is 71.0 Å². The number of rotatable bonds is 3. The first-order valence-corrected chi connectivity index (χ1v) is 10.0. The lowest BCUT2D eigenvalue weighted by molar-refractivity contribution is -0.0775. The van der Waals surface area contributed by atoms with Crippen molar-refractivity contribution in [2.75, 3.05) is 0 Å². The quantitative estimate of drug-likeness (QED) is 0.404. The predicted octanol–water partition coefficient (Wildman–Crippen LogP) is 7.06. The molecule has 126 valence electrons. The lowest BCUT2D eigenvalue weighted by Gasteiger charge is -2.19. The molecule has 0 N–H and O–H groups in total. The highest BCUT2D eigenvalue weighted by molar-refractivity contribution is 9.11. The Morgan fingerprint density at radius 1 is 1.08 bits per heavy atom. The number of hydrogen-bond donors (Lipinski definition) is 0. The van der Waals surface area contributed by atoms with Crippen LogP contribution in [-0.2, 0) is 4.84 Å². The van der Waals surface area contributed by atoms with Crippen LogP contribution in [0, 0.1) is 5.92 Å². The topological polar surface area (TPSA) is 30.8 Å². The molecule has 2 atom stereocenters. The van der Waals surface area contributed by atoms with Gasteiger partial charge in [0.2, 0.25) is 0 Å². The van der Waals surface area contributed by atoms with Gasteiger partial charge in [-0.15, -0.1) is 0 Å². The zero-order valence-corrected chi connectivity index (χ0v) is 18.5. The van der Waals surface area contributed by atoms with Crippen molar-refractivity contribution in [1.82, 2.24) is 0 Å². The van der Waals surface area contributed by atoms with Crippen molar-refractivity contribution in [2.45, 2.75) is 13.2 Å². The molecule has 0 aliphatic carbocycles. The van der Waals surface area contributed by atoms with Crippen LogP contribution in [-0.4, -0.2) is 12.0 Å². The third kappa shape index (κ3) is 3.63. The van der Waals surface area contributed by atoms with E-state index >= 15 is 0 Å². The van der Waals surface area contributed by atoms with Crippen LogP contribution < -0.4 is 4.74 Å². The second kappa shape index (κ2) is 7.54. The van der Waals surface area contributed by atoms with Crippen molar-refractivity contribution in [2.24, 2.45) is 11.1 Å². The summed E-state index contributed by atoms with van der Waals surface area (Å²) in [6.45, 7) is 1.96. The van der Waals surface area contributed by atoms with Crippen LogP contribution in [0.5, 0.6) is 5.75 Å². The Labute approximate surface area is 174 Å². The maximum atomic E-state index is 6.27. The van der Waals surface area contributed by atoms with Gasteiger partial charge in [0, 0.05) is 10.0 Å². The van der Waals surface area contributed by atoms with Crippen molar-refractivity contribution in [3.63, 3.8) is 0 Å². The van der Waals surface area contributed by atoms with E-state index < -0.39 is 6.29 Å². The zero-order valence-electron chi connectivity index (χ0n) is 12.2. The number of halogens is 5. The molecular weight excluding hydrogens is 549 g/mol. The zero-order chi connectivity index (χ0) is 17.4. The Morgan fingerprint density at radius 2 is 1.67 bits per heavy atom. The molecule has 1 aliphatic heterocycles. The summed E-state index contributed by atoms with van der Waals surface area (Å²) in [6.07, 6.45) is -0.582. The lowest BCUT2D eigenvalue weighted by atomic mass is 9.98. The SMILES string of the molecule is C[C@H]1C(c2c(Cl)cccc2Cl)=NO[C@H]1Oc1c(Br)cc(Br)cc1Br. The fraction of sp³-hybridized carbons (Fsp3) is 0.188. The van der Waals surface area contributed by atoms with Crippen LogP contribution in [0.4, 0.5) is 0 Å². The summed E-state index contributed by atoms with van der Waals surface area (Å²) in [4.78, 5) is 5.48. The Kier molecular flexibility index (Phi) is 5.82. The number of nitrogens with zero attached hydrogens (tertiary/aromatic N) is 1. The standard InChI is InChI=1S/C16H10Br3Cl2NO2/c1-7-14(13-11(20)3-2-4-12(13)21)22-24-16(7)23-15-9(18)5-8(17)6-10(15)19/h2-7,16H,1H3/t7-,16+/m0/s1. The van der Waals surface area contributed by atoms with Crippen molar-refractivity contribution in [3.8, 4) is 5.75 Å². The molecule has 0 saturated carbocycles. The van der Waals surface area contributed by atoms with Gasteiger partial charge in [-0.25, -0.2) is 0 Å². The van der Waals surface area contributed by atoms with Gasteiger partial charge in [-0.1, -0.05) is 50.4 Å². The van der Waals surface area contributed by atoms with E-state index in [0.29, 0.717) is 27.1 Å². The Morgan fingerprint density at radius 3 is 2.25 bits per heavy atom. The minimum Gasteiger partial charge on any atom is -0.450 e. The Bertz CT molecular complexity index is 786. The van der Waals surface area contributed by atoms with Gasteiger partial charge < -0.3 is 9.57 Å². The van der Waals surface area contributed by atoms with Gasteiger partial charge in [-0.2, -0.15) is 0 Å². The third-order valence-electron chi connectivity index (χ3n) is 3.51. The summed E-state index contributed by atoms with van der Waals surface area (Å²) in [7, 11) is 0. The maximum absolute atomic E-state index is 6.27. The van der Waals surface area contributed by atoms with E-state index in [2.05, 4.69) is 52.9 Å². The van der Waals surface area contributed by atoms with Crippen molar-refractivity contribution in [3.05, 3.63) is 59.4 Å². The predicted molar refractivity (Wildman–Crippen MR) is 107 cm³/mol. The van der Waals surface area contributed by atoms with Crippen molar-refractivity contribution in [1.29, 1.82) is 0 Å². The molecule has 0 spiro atoms. The summed E-state index contributed by atoms with van der Waals surface area (Å²) in [6, 6.07) is 9.13. The molecular formula is C16H10Br3Cl2NO2. The fourth-order valence-electron chi connectivity index (χ4n) is 2.31. The first-order chi connectivity index (χ1) is 11.4. The largest absolute Gasteiger partial charge is 0.450 e. The monoisotopic (exact) mass is 555 g/mol. The molecule has 8 heteroatoms. The molecule has 1 aliphatic rings. The summed E-state index contributed by atoms with van der Waals surface area (Å²) >= 11 is 22.9. The van der Waals surface area contributed by atoms with Gasteiger partial charge in [-0.05, 0) is 63.0 Å². The van der Waals surface area contributed by atoms with Crippen LogP contribution in [0.2, 0.25) is 10.0 Å². The average Bonchev–Trinajstić information content (AvgIpc) is 2.84. The van der Waals surface area contributed by atoms with E-state index in [1.807, 2.05) is 19.1 Å². The maximum Gasteiger partial charge on any atom is 0.273 e. The molecule has 0 amide bonds. The summed E-state index contributed by atoms with van der Waals surface area (Å²) < 4.78 is 8.51. The number of ether oxygens (including phenoxy) is 1. The smallest absolute Gasteiger partial charge is 0.273 e. The summed E-state index contributed by atoms with van der Waals surface area (Å²) in [5, 5.41) is 5.21. The average molecular weight is 559 g/mol. The molecule has 0 radical (unpaired) electrons. The molecule has 0 bridgehead atoms. The van der Waals surface area contributed by atoms with Gasteiger partial charge >= 0.3 is 0 Å². The molecule has 1 heterocycles. The van der Waals surface area contributed by atoms with Gasteiger partial charge in [-0.3, -0.25) is 0 Å². The lowest BCUT2D eigenvalue weighted by Crippen LogP contribution is -2.27. The van der Waals surface area contributed by atoms with Crippen LogP contribution in [0.3, 0.4) is 0 Å². The molecule has 0 fully saturated rings. The van der Waals surface area contributed by atoms with Crippen molar-refractivity contribution >= 4 is 76.7 Å². The van der Waals surface area contributed by atoms with Crippen LogP contribution in [0.1, 0.15) is 12.5 Å². The molecule has 2 aromatic rings. The van der Waals surface area contributed by atoms with Gasteiger partial charge in [0.05, 0.1) is 24.9 Å². The molecule has 0 aromatic heterocycles. The molecule has 3 rings (SSSR count). The van der Waals surface area contributed by atoms with Crippen LogP contribution in [0.25, 0.3) is 0 Å². The normalized spacial score (nSPS) is 19.8. The van der Waals surface area contributed by atoms with Crippen molar-refractivity contribution < 1.29 is 9.57 Å². The van der Waals surface area contributed by atoms with E-state index in [9.17, 15) is 0 Å². The number of benzene rings is 2. The molecule has 24 heavy (non-hydrogen) atoms. The summed E-state index contributed by atoms with van der Waals surface area (Å²) in [5.41, 5.74) is 1.34. The van der Waals surface area contributed by atoms with E-state index in [1.54, 1.807) is 18.2 Å². The molecule has 0 saturated heterocycles. The van der Waals surface area contributed by atoms with E-state index in [4.69, 9.17) is 32.8 Å². The highest BCUT2D eigenvalue weighted by atomic mass is 79.9. The molecule has 3 nitrogen and oxygen atoms in total.